The highest BCUT2D eigenvalue weighted by molar-refractivity contribution is 5.76. The first-order chi connectivity index (χ1) is 11.1. The Hall–Kier alpha value is -2.21. The first-order valence-electron chi connectivity index (χ1n) is 7.89. The van der Waals surface area contributed by atoms with Crippen LogP contribution in [0.4, 0.5) is 0 Å². The summed E-state index contributed by atoms with van der Waals surface area (Å²) in [5.41, 5.74) is 4.13. The molecule has 0 saturated carbocycles. The second-order valence-corrected chi connectivity index (χ2v) is 5.66. The van der Waals surface area contributed by atoms with Crippen LogP contribution in [0.1, 0.15) is 35.4 Å². The lowest BCUT2D eigenvalue weighted by atomic mass is 10.1. The van der Waals surface area contributed by atoms with Crippen LogP contribution in [0, 0.1) is 13.8 Å². The Labute approximate surface area is 136 Å². The zero-order chi connectivity index (χ0) is 16.7. The SMILES string of the molecule is Cc1n[nH]c(C)c1CCC(=O)N(CCCO)Cc1ccncc1. The van der Waals surface area contributed by atoms with Gasteiger partial charge >= 0.3 is 0 Å². The smallest absolute Gasteiger partial charge is 0.223 e. The number of rotatable bonds is 8. The molecule has 0 aliphatic carbocycles. The van der Waals surface area contributed by atoms with Gasteiger partial charge in [-0.2, -0.15) is 5.10 Å². The molecule has 0 bridgehead atoms. The molecular weight excluding hydrogens is 292 g/mol. The molecule has 2 rings (SSSR count). The van der Waals surface area contributed by atoms with Crippen molar-refractivity contribution in [2.45, 2.75) is 39.7 Å². The van der Waals surface area contributed by atoms with Crippen molar-refractivity contribution in [3.63, 3.8) is 0 Å². The predicted molar refractivity (Wildman–Crippen MR) is 87.7 cm³/mol. The standard InChI is InChI=1S/C17H24N4O2/c1-13-16(14(2)20-19-13)4-5-17(23)21(10-3-11-22)12-15-6-8-18-9-7-15/h6-9,22H,3-5,10-12H2,1-2H3,(H,19,20). The molecule has 2 N–H and O–H groups in total. The van der Waals surface area contributed by atoms with Crippen molar-refractivity contribution in [3.8, 4) is 0 Å². The van der Waals surface area contributed by atoms with E-state index >= 15 is 0 Å². The summed E-state index contributed by atoms with van der Waals surface area (Å²) in [7, 11) is 0. The van der Waals surface area contributed by atoms with Gasteiger partial charge in [-0.3, -0.25) is 14.9 Å². The van der Waals surface area contributed by atoms with Crippen molar-refractivity contribution >= 4 is 5.91 Å². The molecule has 0 fully saturated rings. The molecular formula is C17H24N4O2. The number of nitrogens with one attached hydrogen (secondary N) is 1. The summed E-state index contributed by atoms with van der Waals surface area (Å²) in [5, 5.41) is 16.2. The third kappa shape index (κ3) is 4.89. The maximum Gasteiger partial charge on any atom is 0.223 e. The summed E-state index contributed by atoms with van der Waals surface area (Å²) in [6, 6.07) is 3.81. The maximum absolute atomic E-state index is 12.6. The summed E-state index contributed by atoms with van der Waals surface area (Å²) >= 11 is 0. The second kappa shape index (κ2) is 8.43. The minimum atomic E-state index is 0.0834. The lowest BCUT2D eigenvalue weighted by molar-refractivity contribution is -0.131. The molecule has 0 radical (unpaired) electrons. The Bertz CT molecular complexity index is 605. The van der Waals surface area contributed by atoms with Crippen LogP contribution >= 0.6 is 0 Å². The van der Waals surface area contributed by atoms with E-state index in [-0.39, 0.29) is 12.5 Å². The van der Waals surface area contributed by atoms with E-state index in [9.17, 15) is 4.79 Å². The third-order valence-electron chi connectivity index (χ3n) is 3.93. The molecule has 2 aromatic rings. The number of aliphatic hydroxyl groups is 1. The number of hydrogen-bond acceptors (Lipinski definition) is 4. The summed E-state index contributed by atoms with van der Waals surface area (Å²) < 4.78 is 0. The first-order valence-corrected chi connectivity index (χ1v) is 7.89. The van der Waals surface area contributed by atoms with E-state index in [0.717, 1.165) is 22.5 Å². The van der Waals surface area contributed by atoms with Crippen molar-refractivity contribution in [1.29, 1.82) is 0 Å². The average molecular weight is 316 g/mol. The zero-order valence-corrected chi connectivity index (χ0v) is 13.7. The number of hydrogen-bond donors (Lipinski definition) is 2. The Balaban J connectivity index is 1.98. The molecule has 0 aliphatic rings. The Morgan fingerprint density at radius 3 is 2.65 bits per heavy atom. The van der Waals surface area contributed by atoms with Gasteiger partial charge in [0.05, 0.1) is 5.69 Å². The number of aromatic nitrogens is 3. The minimum Gasteiger partial charge on any atom is -0.396 e. The average Bonchev–Trinajstić information content (AvgIpc) is 2.88. The molecule has 0 saturated heterocycles. The summed E-state index contributed by atoms with van der Waals surface area (Å²) in [6.07, 6.45) is 5.15. The highest BCUT2D eigenvalue weighted by Gasteiger charge is 2.15. The van der Waals surface area contributed by atoms with Gasteiger partial charge in [0.2, 0.25) is 5.91 Å². The molecule has 0 atom stereocenters. The molecule has 2 heterocycles. The molecule has 124 valence electrons. The zero-order valence-electron chi connectivity index (χ0n) is 13.7. The van der Waals surface area contributed by atoms with Crippen LogP contribution in [0.5, 0.6) is 0 Å². The molecule has 0 spiro atoms. The molecule has 1 amide bonds. The Morgan fingerprint density at radius 2 is 2.04 bits per heavy atom. The number of carbonyl (C=O) groups is 1. The molecule has 6 nitrogen and oxygen atoms in total. The fraction of sp³-hybridized carbons (Fsp3) is 0.471. The Morgan fingerprint density at radius 1 is 1.30 bits per heavy atom. The van der Waals surface area contributed by atoms with Gasteiger partial charge in [0, 0.05) is 44.2 Å². The topological polar surface area (TPSA) is 82.1 Å². The number of aromatic amines is 1. The monoisotopic (exact) mass is 316 g/mol. The summed E-state index contributed by atoms with van der Waals surface area (Å²) in [4.78, 5) is 18.4. The van der Waals surface area contributed by atoms with Gasteiger partial charge in [0.25, 0.3) is 0 Å². The fourth-order valence-corrected chi connectivity index (χ4v) is 2.59. The molecule has 0 aliphatic heterocycles. The van der Waals surface area contributed by atoms with E-state index in [1.54, 1.807) is 17.3 Å². The molecule has 23 heavy (non-hydrogen) atoms. The van der Waals surface area contributed by atoms with Crippen molar-refractivity contribution < 1.29 is 9.90 Å². The fourth-order valence-electron chi connectivity index (χ4n) is 2.59. The van der Waals surface area contributed by atoms with Gasteiger partial charge in [-0.25, -0.2) is 0 Å². The van der Waals surface area contributed by atoms with E-state index in [2.05, 4.69) is 15.2 Å². The molecule has 6 heteroatoms. The van der Waals surface area contributed by atoms with Crippen LogP contribution in [0.2, 0.25) is 0 Å². The second-order valence-electron chi connectivity index (χ2n) is 5.66. The highest BCUT2D eigenvalue weighted by Crippen LogP contribution is 2.14. The van der Waals surface area contributed by atoms with E-state index in [0.29, 0.717) is 32.4 Å². The van der Waals surface area contributed by atoms with Crippen LogP contribution in [0.3, 0.4) is 0 Å². The van der Waals surface area contributed by atoms with Crippen molar-refractivity contribution in [2.24, 2.45) is 0 Å². The highest BCUT2D eigenvalue weighted by atomic mass is 16.3. The predicted octanol–water partition coefficient (Wildman–Crippen LogP) is 1.77. The third-order valence-corrected chi connectivity index (χ3v) is 3.93. The maximum atomic E-state index is 12.6. The van der Waals surface area contributed by atoms with Crippen molar-refractivity contribution in [2.75, 3.05) is 13.2 Å². The van der Waals surface area contributed by atoms with Gasteiger partial charge in [0.1, 0.15) is 0 Å². The van der Waals surface area contributed by atoms with E-state index < -0.39 is 0 Å². The van der Waals surface area contributed by atoms with Gasteiger partial charge in [-0.15, -0.1) is 0 Å². The summed E-state index contributed by atoms with van der Waals surface area (Å²) in [5.74, 6) is 0.0928. The molecule has 0 aromatic carbocycles. The first kappa shape index (κ1) is 17.1. The van der Waals surface area contributed by atoms with Crippen LogP contribution in [-0.2, 0) is 17.8 Å². The van der Waals surface area contributed by atoms with Crippen molar-refractivity contribution in [1.82, 2.24) is 20.1 Å². The Kier molecular flexibility index (Phi) is 6.29. The number of pyridine rings is 1. The number of aryl methyl sites for hydroxylation is 2. The van der Waals surface area contributed by atoms with Gasteiger partial charge in [0.15, 0.2) is 0 Å². The number of aliphatic hydroxyl groups excluding tert-OH is 1. The largest absolute Gasteiger partial charge is 0.396 e. The van der Waals surface area contributed by atoms with Crippen molar-refractivity contribution in [3.05, 3.63) is 47.0 Å². The molecule has 2 aromatic heterocycles. The minimum absolute atomic E-state index is 0.0834. The lowest BCUT2D eigenvalue weighted by Crippen LogP contribution is -2.32. The van der Waals surface area contributed by atoms with E-state index in [1.807, 2.05) is 26.0 Å². The van der Waals surface area contributed by atoms with E-state index in [4.69, 9.17) is 5.11 Å². The summed E-state index contributed by atoms with van der Waals surface area (Å²) in [6.45, 7) is 5.11. The van der Waals surface area contributed by atoms with Gasteiger partial charge in [-0.05, 0) is 49.9 Å². The number of H-pyrrole nitrogens is 1. The van der Waals surface area contributed by atoms with Crippen LogP contribution in [-0.4, -0.2) is 44.2 Å². The number of carbonyl (C=O) groups excluding carboxylic acids is 1. The van der Waals surface area contributed by atoms with Crippen LogP contribution in [0.25, 0.3) is 0 Å². The van der Waals surface area contributed by atoms with E-state index in [1.165, 1.54) is 0 Å². The lowest BCUT2D eigenvalue weighted by Gasteiger charge is -2.22. The van der Waals surface area contributed by atoms with Crippen LogP contribution in [0.15, 0.2) is 24.5 Å². The van der Waals surface area contributed by atoms with Gasteiger partial charge < -0.3 is 10.0 Å². The quantitative estimate of drug-likeness (QED) is 0.777. The molecule has 0 unspecified atom stereocenters. The van der Waals surface area contributed by atoms with Gasteiger partial charge in [-0.1, -0.05) is 0 Å². The van der Waals surface area contributed by atoms with Crippen LogP contribution < -0.4 is 0 Å². The number of nitrogens with zero attached hydrogens (tertiary/aromatic N) is 3. The normalized spacial score (nSPS) is 10.7. The number of amides is 1.